The van der Waals surface area contributed by atoms with Crippen molar-refractivity contribution in [3.63, 3.8) is 0 Å². The van der Waals surface area contributed by atoms with Crippen LogP contribution in [0.3, 0.4) is 0 Å². The number of H-pyrrole nitrogens is 1. The van der Waals surface area contributed by atoms with Gasteiger partial charge in [0, 0.05) is 18.3 Å². The summed E-state index contributed by atoms with van der Waals surface area (Å²) in [6.07, 6.45) is 1.65. The molecule has 0 aliphatic carbocycles. The molecule has 28 heavy (non-hydrogen) atoms. The number of nitrogens with one attached hydrogen (secondary N) is 2. The van der Waals surface area contributed by atoms with Crippen LogP contribution in [-0.4, -0.2) is 40.1 Å². The topological polar surface area (TPSA) is 106 Å². The number of rotatable bonds is 6. The molecule has 2 heterocycles. The third-order valence-corrected chi connectivity index (χ3v) is 5.96. The van der Waals surface area contributed by atoms with Crippen LogP contribution in [0, 0.1) is 0 Å². The van der Waals surface area contributed by atoms with Crippen molar-refractivity contribution >= 4 is 10.0 Å². The van der Waals surface area contributed by atoms with Gasteiger partial charge in [0.2, 0.25) is 5.82 Å². The molecule has 0 bridgehead atoms. The van der Waals surface area contributed by atoms with Gasteiger partial charge >= 0.3 is 0 Å². The minimum absolute atomic E-state index is 0.151. The van der Waals surface area contributed by atoms with Gasteiger partial charge in [-0.05, 0) is 41.6 Å². The van der Waals surface area contributed by atoms with Crippen molar-refractivity contribution in [2.45, 2.75) is 11.4 Å². The average molecular weight is 394 g/mol. The minimum Gasteiger partial charge on any atom is -0.316 e. The van der Waals surface area contributed by atoms with E-state index in [0.717, 1.165) is 11.1 Å². The zero-order valence-electron chi connectivity index (χ0n) is 15.1. The zero-order valence-corrected chi connectivity index (χ0v) is 15.9. The summed E-state index contributed by atoms with van der Waals surface area (Å²) in [5.41, 5.74) is 2.87. The molecule has 0 radical (unpaired) electrons. The Labute approximate surface area is 162 Å². The number of benzene rings is 2. The molecule has 4 aromatic rings. The third-order valence-electron chi connectivity index (χ3n) is 4.29. The van der Waals surface area contributed by atoms with Gasteiger partial charge in [-0.15, -0.1) is 10.2 Å². The van der Waals surface area contributed by atoms with E-state index in [2.05, 4.69) is 25.9 Å². The molecular formula is C19H18N6O2S. The van der Waals surface area contributed by atoms with Gasteiger partial charge in [-0.25, -0.2) is 12.4 Å². The highest BCUT2D eigenvalue weighted by molar-refractivity contribution is 7.90. The fraction of sp³-hybridized carbons (Fsp3) is 0.105. The first-order chi connectivity index (χ1) is 13.6. The second kappa shape index (κ2) is 7.37. The number of hydrogen-bond donors (Lipinski definition) is 2. The van der Waals surface area contributed by atoms with Crippen LogP contribution in [0.1, 0.15) is 5.56 Å². The summed E-state index contributed by atoms with van der Waals surface area (Å²) in [5, 5.41) is 16.8. The lowest BCUT2D eigenvalue weighted by molar-refractivity contribution is 0.588. The van der Waals surface area contributed by atoms with Crippen molar-refractivity contribution in [1.29, 1.82) is 0 Å². The van der Waals surface area contributed by atoms with Gasteiger partial charge in [0.15, 0.2) is 0 Å². The van der Waals surface area contributed by atoms with Gasteiger partial charge in [-0.1, -0.05) is 42.5 Å². The van der Waals surface area contributed by atoms with Gasteiger partial charge in [0.25, 0.3) is 10.0 Å². The predicted octanol–water partition coefficient (Wildman–Crippen LogP) is 2.29. The van der Waals surface area contributed by atoms with E-state index >= 15 is 0 Å². The Morgan fingerprint density at radius 3 is 2.54 bits per heavy atom. The molecule has 0 saturated carbocycles. The fourth-order valence-electron chi connectivity index (χ4n) is 3.01. The predicted molar refractivity (Wildman–Crippen MR) is 105 cm³/mol. The molecule has 2 aromatic carbocycles. The van der Waals surface area contributed by atoms with Crippen LogP contribution in [0.25, 0.3) is 22.6 Å². The van der Waals surface area contributed by atoms with Crippen LogP contribution in [-0.2, 0) is 16.6 Å². The molecule has 0 fully saturated rings. The highest BCUT2D eigenvalue weighted by atomic mass is 32.2. The quantitative estimate of drug-likeness (QED) is 0.520. The molecule has 0 amide bonds. The monoisotopic (exact) mass is 394 g/mol. The van der Waals surface area contributed by atoms with Crippen LogP contribution in [0.4, 0.5) is 0 Å². The molecular weight excluding hydrogens is 376 g/mol. The van der Waals surface area contributed by atoms with Gasteiger partial charge in [-0.2, -0.15) is 5.21 Å². The Balaban J connectivity index is 1.85. The summed E-state index contributed by atoms with van der Waals surface area (Å²) in [6, 6.07) is 17.8. The average Bonchev–Trinajstić information content (AvgIpc) is 3.40. The molecule has 0 aliphatic rings. The molecule has 0 spiro atoms. The maximum atomic E-state index is 13.4. The van der Waals surface area contributed by atoms with E-state index in [1.807, 2.05) is 43.4 Å². The third kappa shape index (κ3) is 3.32. The van der Waals surface area contributed by atoms with Gasteiger partial charge in [0.05, 0.1) is 10.6 Å². The largest absolute Gasteiger partial charge is 0.316 e. The van der Waals surface area contributed by atoms with E-state index in [1.54, 1.807) is 30.5 Å². The summed E-state index contributed by atoms with van der Waals surface area (Å²) in [7, 11) is -2.00. The molecule has 2 aromatic heterocycles. The van der Waals surface area contributed by atoms with Gasteiger partial charge < -0.3 is 5.32 Å². The SMILES string of the molecule is CNCc1cc(-c2ccccc2)n(S(=O)(=O)c2cccc(-c3nn[nH]n3)c2)c1. The number of aromatic amines is 1. The van der Waals surface area contributed by atoms with Crippen LogP contribution in [0.5, 0.6) is 0 Å². The van der Waals surface area contributed by atoms with Crippen molar-refractivity contribution in [1.82, 2.24) is 29.9 Å². The van der Waals surface area contributed by atoms with Crippen molar-refractivity contribution in [2.75, 3.05) is 7.05 Å². The lowest BCUT2D eigenvalue weighted by atomic mass is 10.1. The Morgan fingerprint density at radius 2 is 1.82 bits per heavy atom. The Morgan fingerprint density at radius 1 is 1.04 bits per heavy atom. The van der Waals surface area contributed by atoms with Crippen LogP contribution >= 0.6 is 0 Å². The first-order valence-electron chi connectivity index (χ1n) is 8.60. The first kappa shape index (κ1) is 18.1. The Hall–Kier alpha value is -3.30. The summed E-state index contributed by atoms with van der Waals surface area (Å²) in [5.74, 6) is 0.337. The number of tetrazole rings is 1. The fourth-order valence-corrected chi connectivity index (χ4v) is 4.45. The van der Waals surface area contributed by atoms with E-state index in [9.17, 15) is 8.42 Å². The smallest absolute Gasteiger partial charge is 0.268 e. The first-order valence-corrected chi connectivity index (χ1v) is 10.0. The van der Waals surface area contributed by atoms with Crippen molar-refractivity contribution in [2.24, 2.45) is 0 Å². The number of nitrogens with zero attached hydrogens (tertiary/aromatic N) is 4. The summed E-state index contributed by atoms with van der Waals surface area (Å²) < 4.78 is 28.2. The molecule has 4 rings (SSSR count). The van der Waals surface area contributed by atoms with Crippen molar-refractivity contribution < 1.29 is 8.42 Å². The standard InChI is InChI=1S/C19H18N6O2S/c1-20-12-14-10-18(15-6-3-2-4-7-15)25(13-14)28(26,27)17-9-5-8-16(11-17)19-21-23-24-22-19/h2-11,13,20H,12H2,1H3,(H,21,22,23,24). The van der Waals surface area contributed by atoms with E-state index in [1.165, 1.54) is 3.97 Å². The second-order valence-corrected chi connectivity index (χ2v) is 8.01. The molecule has 142 valence electrons. The number of hydrogen-bond acceptors (Lipinski definition) is 6. The lowest BCUT2D eigenvalue weighted by Gasteiger charge is -2.11. The maximum absolute atomic E-state index is 13.4. The Kier molecular flexibility index (Phi) is 4.76. The molecule has 0 aliphatic heterocycles. The van der Waals surface area contributed by atoms with Crippen molar-refractivity contribution in [3.8, 4) is 22.6 Å². The van der Waals surface area contributed by atoms with Crippen LogP contribution < -0.4 is 5.32 Å². The highest BCUT2D eigenvalue weighted by Gasteiger charge is 2.22. The molecule has 0 unspecified atom stereocenters. The lowest BCUT2D eigenvalue weighted by Crippen LogP contribution is -2.13. The molecule has 2 N–H and O–H groups in total. The summed E-state index contributed by atoms with van der Waals surface area (Å²) >= 11 is 0. The second-order valence-electron chi connectivity index (χ2n) is 6.19. The minimum atomic E-state index is -3.83. The highest BCUT2D eigenvalue weighted by Crippen LogP contribution is 2.28. The Bertz CT molecular complexity index is 1180. The normalized spacial score (nSPS) is 11.6. The van der Waals surface area contributed by atoms with Gasteiger partial charge in [0.1, 0.15) is 0 Å². The van der Waals surface area contributed by atoms with Crippen LogP contribution in [0.15, 0.2) is 71.8 Å². The molecule has 9 heteroatoms. The van der Waals surface area contributed by atoms with E-state index in [0.29, 0.717) is 23.6 Å². The zero-order chi connectivity index (χ0) is 19.6. The molecule has 0 atom stereocenters. The van der Waals surface area contributed by atoms with Crippen molar-refractivity contribution in [3.05, 3.63) is 72.4 Å². The summed E-state index contributed by atoms with van der Waals surface area (Å²) in [4.78, 5) is 0.151. The molecule has 8 nitrogen and oxygen atoms in total. The maximum Gasteiger partial charge on any atom is 0.268 e. The van der Waals surface area contributed by atoms with E-state index < -0.39 is 10.0 Å². The van der Waals surface area contributed by atoms with E-state index in [4.69, 9.17) is 0 Å². The van der Waals surface area contributed by atoms with E-state index in [-0.39, 0.29) is 4.90 Å². The number of aromatic nitrogens is 5. The van der Waals surface area contributed by atoms with Crippen LogP contribution in [0.2, 0.25) is 0 Å². The summed E-state index contributed by atoms with van der Waals surface area (Å²) in [6.45, 7) is 0.561. The van der Waals surface area contributed by atoms with Gasteiger partial charge in [-0.3, -0.25) is 0 Å². The molecule has 0 saturated heterocycles.